The molecule has 0 spiro atoms. The number of ketones is 1. The third-order valence-corrected chi connectivity index (χ3v) is 5.00. The van der Waals surface area contributed by atoms with E-state index in [-0.39, 0.29) is 29.3 Å². The molecule has 0 radical (unpaired) electrons. The molecule has 2 aromatic carbocycles. The Labute approximate surface area is 151 Å². The van der Waals surface area contributed by atoms with Gasteiger partial charge >= 0.3 is 0 Å². The highest BCUT2D eigenvalue weighted by molar-refractivity contribution is 5.97. The van der Waals surface area contributed by atoms with E-state index in [0.29, 0.717) is 12.5 Å². The van der Waals surface area contributed by atoms with Crippen molar-refractivity contribution in [2.75, 3.05) is 19.6 Å². The molecule has 5 heteroatoms. The van der Waals surface area contributed by atoms with Gasteiger partial charge in [-0.3, -0.25) is 4.79 Å². The van der Waals surface area contributed by atoms with E-state index in [2.05, 4.69) is 29.2 Å². The normalized spacial score (nSPS) is 18.9. The van der Waals surface area contributed by atoms with Gasteiger partial charge in [-0.15, -0.1) is 0 Å². The third-order valence-electron chi connectivity index (χ3n) is 5.00. The molecule has 26 heavy (non-hydrogen) atoms. The van der Waals surface area contributed by atoms with Crippen molar-refractivity contribution in [2.24, 2.45) is 0 Å². The second kappa shape index (κ2) is 7.30. The first-order chi connectivity index (χ1) is 12.7. The number of carbonyl (C=O) groups is 1. The molecular formula is C21H20FNO3. The van der Waals surface area contributed by atoms with Crippen molar-refractivity contribution in [1.82, 2.24) is 4.90 Å². The predicted octanol–water partition coefficient (Wildman–Crippen LogP) is 4.13. The molecule has 0 aromatic heterocycles. The van der Waals surface area contributed by atoms with Crippen LogP contribution in [0.15, 0.2) is 55.0 Å². The largest absolute Gasteiger partial charge is 0.458 e. The number of benzene rings is 2. The second-order valence-electron chi connectivity index (χ2n) is 6.63. The van der Waals surface area contributed by atoms with Gasteiger partial charge in [0.1, 0.15) is 12.5 Å². The average molecular weight is 353 g/mol. The van der Waals surface area contributed by atoms with Crippen molar-refractivity contribution in [3.63, 3.8) is 0 Å². The number of ether oxygens (including phenoxy) is 2. The molecule has 4 rings (SSSR count). The lowest BCUT2D eigenvalue weighted by Gasteiger charge is -2.17. The fraction of sp³-hybridized carbons (Fsp3) is 0.286. The van der Waals surface area contributed by atoms with E-state index in [1.165, 1.54) is 24.2 Å². The predicted molar refractivity (Wildman–Crippen MR) is 96.0 cm³/mol. The molecule has 0 aliphatic carbocycles. The molecule has 2 aromatic rings. The summed E-state index contributed by atoms with van der Waals surface area (Å²) in [5.41, 5.74) is 1.40. The molecule has 2 aliphatic heterocycles. The minimum atomic E-state index is -0.652. The Hall–Kier alpha value is -2.66. The van der Waals surface area contributed by atoms with E-state index in [9.17, 15) is 9.18 Å². The van der Waals surface area contributed by atoms with Gasteiger partial charge in [-0.25, -0.2) is 4.39 Å². The molecule has 0 bridgehead atoms. The fourth-order valence-corrected chi connectivity index (χ4v) is 3.58. The minimum absolute atomic E-state index is 0.0244. The van der Waals surface area contributed by atoms with Crippen LogP contribution in [0.5, 0.6) is 11.5 Å². The maximum atomic E-state index is 14.5. The number of hydrogen-bond donors (Lipinski definition) is 0. The molecule has 2 aliphatic rings. The van der Waals surface area contributed by atoms with Gasteiger partial charge in [0.15, 0.2) is 17.3 Å². The van der Waals surface area contributed by atoms with Crippen LogP contribution in [-0.4, -0.2) is 30.3 Å². The Morgan fingerprint density at radius 3 is 2.77 bits per heavy atom. The topological polar surface area (TPSA) is 38.8 Å². The van der Waals surface area contributed by atoms with Crippen molar-refractivity contribution < 1.29 is 18.7 Å². The number of carbonyl (C=O) groups excluding carboxylic acids is 1. The van der Waals surface area contributed by atoms with Crippen molar-refractivity contribution in [2.45, 2.75) is 18.8 Å². The van der Waals surface area contributed by atoms with Crippen LogP contribution >= 0.6 is 0 Å². The van der Waals surface area contributed by atoms with Crippen LogP contribution in [0.3, 0.4) is 0 Å². The highest BCUT2D eigenvalue weighted by Gasteiger charge is 2.25. The van der Waals surface area contributed by atoms with Gasteiger partial charge in [-0.2, -0.15) is 0 Å². The SMILES string of the molecule is O=C(CCN1CCC(c2ccccc2)C1)c1ccc2c(c1F)OC=CO2. The van der Waals surface area contributed by atoms with Gasteiger partial charge in [0.25, 0.3) is 0 Å². The highest BCUT2D eigenvalue weighted by Crippen LogP contribution is 2.35. The summed E-state index contributed by atoms with van der Waals surface area (Å²) in [6.07, 6.45) is 3.96. The third kappa shape index (κ3) is 3.35. The number of likely N-dealkylation sites (tertiary alicyclic amines) is 1. The van der Waals surface area contributed by atoms with Gasteiger partial charge in [0.2, 0.25) is 5.75 Å². The highest BCUT2D eigenvalue weighted by atomic mass is 19.1. The lowest BCUT2D eigenvalue weighted by atomic mass is 9.99. The van der Waals surface area contributed by atoms with Crippen molar-refractivity contribution in [3.8, 4) is 11.5 Å². The van der Waals surface area contributed by atoms with Gasteiger partial charge in [-0.05, 0) is 36.6 Å². The smallest absolute Gasteiger partial charge is 0.205 e. The zero-order chi connectivity index (χ0) is 17.9. The van der Waals surface area contributed by atoms with Crippen LogP contribution < -0.4 is 9.47 Å². The van der Waals surface area contributed by atoms with E-state index >= 15 is 0 Å². The summed E-state index contributed by atoms with van der Waals surface area (Å²) in [7, 11) is 0. The summed E-state index contributed by atoms with van der Waals surface area (Å²) in [4.78, 5) is 14.8. The molecule has 1 fully saturated rings. The lowest BCUT2D eigenvalue weighted by Crippen LogP contribution is -2.24. The monoisotopic (exact) mass is 353 g/mol. The first-order valence-corrected chi connectivity index (χ1v) is 8.83. The molecule has 0 saturated carbocycles. The van der Waals surface area contributed by atoms with Gasteiger partial charge < -0.3 is 14.4 Å². The van der Waals surface area contributed by atoms with Gasteiger partial charge in [-0.1, -0.05) is 30.3 Å². The maximum absolute atomic E-state index is 14.5. The van der Waals surface area contributed by atoms with Crippen molar-refractivity contribution in [3.05, 3.63) is 71.9 Å². The van der Waals surface area contributed by atoms with Crippen LogP contribution in [0.2, 0.25) is 0 Å². The Morgan fingerprint density at radius 1 is 1.12 bits per heavy atom. The van der Waals surface area contributed by atoms with Crippen LogP contribution in [0.1, 0.15) is 34.7 Å². The zero-order valence-corrected chi connectivity index (χ0v) is 14.4. The molecule has 1 atom stereocenters. The number of halogens is 1. The fourth-order valence-electron chi connectivity index (χ4n) is 3.58. The van der Waals surface area contributed by atoms with Crippen molar-refractivity contribution >= 4 is 5.78 Å². The molecular weight excluding hydrogens is 333 g/mol. The van der Waals surface area contributed by atoms with E-state index < -0.39 is 5.82 Å². The van der Waals surface area contributed by atoms with Gasteiger partial charge in [0.05, 0.1) is 5.56 Å². The first kappa shape index (κ1) is 16.8. The number of fused-ring (bicyclic) bond motifs is 1. The summed E-state index contributed by atoms with van der Waals surface area (Å²) in [5.74, 6) is -0.105. The molecule has 4 nitrogen and oxygen atoms in total. The Kier molecular flexibility index (Phi) is 4.71. The number of Topliss-reactive ketones (excluding diaryl/α,β-unsaturated/α-hetero) is 1. The summed E-state index contributed by atoms with van der Waals surface area (Å²) in [6.45, 7) is 2.53. The molecule has 2 heterocycles. The summed E-state index contributed by atoms with van der Waals surface area (Å²) >= 11 is 0. The first-order valence-electron chi connectivity index (χ1n) is 8.83. The minimum Gasteiger partial charge on any atom is -0.458 e. The lowest BCUT2D eigenvalue weighted by molar-refractivity contribution is 0.0964. The van der Waals surface area contributed by atoms with Crippen LogP contribution in [0.25, 0.3) is 0 Å². The van der Waals surface area contributed by atoms with Crippen molar-refractivity contribution in [1.29, 1.82) is 0 Å². The summed E-state index contributed by atoms with van der Waals surface area (Å²) in [6, 6.07) is 13.5. The van der Waals surface area contributed by atoms with Crippen LogP contribution in [0, 0.1) is 5.82 Å². The second-order valence-corrected chi connectivity index (χ2v) is 6.63. The van der Waals surface area contributed by atoms with E-state index in [1.54, 1.807) is 6.07 Å². The van der Waals surface area contributed by atoms with E-state index in [1.807, 2.05) is 6.07 Å². The van der Waals surface area contributed by atoms with Crippen LogP contribution in [0.4, 0.5) is 4.39 Å². The van der Waals surface area contributed by atoms with Gasteiger partial charge in [0, 0.05) is 19.5 Å². The van der Waals surface area contributed by atoms with Crippen LogP contribution in [-0.2, 0) is 0 Å². The quantitative estimate of drug-likeness (QED) is 0.758. The average Bonchev–Trinajstić information content (AvgIpc) is 3.16. The Bertz CT molecular complexity index is 835. The summed E-state index contributed by atoms with van der Waals surface area (Å²) in [5, 5.41) is 0. The summed E-state index contributed by atoms with van der Waals surface area (Å²) < 4.78 is 24.8. The number of hydrogen-bond acceptors (Lipinski definition) is 4. The van der Waals surface area contributed by atoms with E-state index in [4.69, 9.17) is 9.47 Å². The van der Waals surface area contributed by atoms with E-state index in [0.717, 1.165) is 19.5 Å². The molecule has 1 saturated heterocycles. The molecule has 0 N–H and O–H groups in total. The maximum Gasteiger partial charge on any atom is 0.205 e. The Balaban J connectivity index is 1.36. The molecule has 1 unspecified atom stereocenters. The molecule has 134 valence electrons. The number of rotatable bonds is 5. The molecule has 0 amide bonds. The Morgan fingerprint density at radius 2 is 1.92 bits per heavy atom. The number of nitrogens with zero attached hydrogens (tertiary/aromatic N) is 1. The zero-order valence-electron chi connectivity index (χ0n) is 14.4. The standard InChI is InChI=1S/C21H20FNO3/c22-20-17(6-7-19-21(20)26-13-12-25-19)18(24)9-11-23-10-8-16(14-23)15-4-2-1-3-5-15/h1-7,12-13,16H,8-11,14H2.